The van der Waals surface area contributed by atoms with Crippen LogP contribution in [0.1, 0.15) is 5.01 Å². The average Bonchev–Trinajstić information content (AvgIpc) is 2.81. The Labute approximate surface area is 128 Å². The van der Waals surface area contributed by atoms with Crippen molar-refractivity contribution in [3.05, 3.63) is 40.8 Å². The number of para-hydroxylation sites is 1. The summed E-state index contributed by atoms with van der Waals surface area (Å²) in [7, 11) is 0. The van der Waals surface area contributed by atoms with E-state index in [1.54, 1.807) is 6.07 Å². The van der Waals surface area contributed by atoms with Gasteiger partial charge in [0.2, 0.25) is 11.8 Å². The van der Waals surface area contributed by atoms with Crippen LogP contribution in [0, 0.1) is 0 Å². The second kappa shape index (κ2) is 5.63. The number of benzene rings is 1. The summed E-state index contributed by atoms with van der Waals surface area (Å²) < 4.78 is 6.59. The number of carbonyl (C=O) groups is 1. The SMILES string of the molecule is NC(=O)Cc1nc2c(Oc3cc(Cl)ncn3)cccc2s1. The number of primary amides is 1. The zero-order chi connectivity index (χ0) is 14.8. The molecule has 1 amide bonds. The highest BCUT2D eigenvalue weighted by molar-refractivity contribution is 7.18. The van der Waals surface area contributed by atoms with Crippen LogP contribution in [0.5, 0.6) is 11.6 Å². The maximum Gasteiger partial charge on any atom is 0.224 e. The topological polar surface area (TPSA) is 91.0 Å². The molecule has 0 radical (unpaired) electrons. The van der Waals surface area contributed by atoms with Gasteiger partial charge in [-0.3, -0.25) is 4.79 Å². The van der Waals surface area contributed by atoms with Gasteiger partial charge in [0.1, 0.15) is 22.0 Å². The summed E-state index contributed by atoms with van der Waals surface area (Å²) in [6, 6.07) is 7.02. The molecule has 8 heteroatoms. The van der Waals surface area contributed by atoms with Gasteiger partial charge in [-0.15, -0.1) is 11.3 Å². The maximum absolute atomic E-state index is 11.0. The third-order valence-electron chi connectivity index (χ3n) is 2.57. The van der Waals surface area contributed by atoms with Crippen molar-refractivity contribution in [1.29, 1.82) is 0 Å². The molecule has 0 aliphatic carbocycles. The van der Waals surface area contributed by atoms with Crippen molar-refractivity contribution in [2.75, 3.05) is 0 Å². The first-order chi connectivity index (χ1) is 10.1. The van der Waals surface area contributed by atoms with Crippen LogP contribution in [-0.2, 0) is 11.2 Å². The first kappa shape index (κ1) is 13.7. The first-order valence-corrected chi connectivity index (χ1v) is 7.13. The Bertz CT molecular complexity index is 821. The summed E-state index contributed by atoms with van der Waals surface area (Å²) in [4.78, 5) is 23.1. The highest BCUT2D eigenvalue weighted by Crippen LogP contribution is 2.32. The zero-order valence-corrected chi connectivity index (χ0v) is 12.2. The average molecular weight is 321 g/mol. The van der Waals surface area contributed by atoms with Crippen LogP contribution in [0.4, 0.5) is 0 Å². The Morgan fingerprint density at radius 3 is 3.00 bits per heavy atom. The number of hydrogen-bond acceptors (Lipinski definition) is 6. The standard InChI is InChI=1S/C13H9ClN4O2S/c14-9-4-11(17-6-16-9)20-7-2-1-3-8-13(7)18-12(21-8)5-10(15)19/h1-4,6H,5H2,(H2,15,19). The fourth-order valence-electron chi connectivity index (χ4n) is 1.76. The van der Waals surface area contributed by atoms with Crippen LogP contribution in [0.25, 0.3) is 10.2 Å². The van der Waals surface area contributed by atoms with Crippen LogP contribution < -0.4 is 10.5 Å². The van der Waals surface area contributed by atoms with E-state index in [2.05, 4.69) is 15.0 Å². The third kappa shape index (κ3) is 3.09. The lowest BCUT2D eigenvalue weighted by atomic mass is 10.3. The van der Waals surface area contributed by atoms with Gasteiger partial charge in [-0.1, -0.05) is 17.7 Å². The van der Waals surface area contributed by atoms with Crippen molar-refractivity contribution in [2.24, 2.45) is 5.73 Å². The van der Waals surface area contributed by atoms with Crippen molar-refractivity contribution >= 4 is 39.1 Å². The second-order valence-electron chi connectivity index (χ2n) is 4.13. The smallest absolute Gasteiger partial charge is 0.224 e. The minimum absolute atomic E-state index is 0.109. The van der Waals surface area contributed by atoms with E-state index in [0.29, 0.717) is 27.3 Å². The molecule has 0 bridgehead atoms. The van der Waals surface area contributed by atoms with Gasteiger partial charge in [0.15, 0.2) is 5.75 Å². The number of thiazole rings is 1. The van der Waals surface area contributed by atoms with E-state index in [-0.39, 0.29) is 6.42 Å². The Morgan fingerprint density at radius 2 is 2.24 bits per heavy atom. The summed E-state index contributed by atoms with van der Waals surface area (Å²) in [5.74, 6) is 0.445. The van der Waals surface area contributed by atoms with Gasteiger partial charge in [-0.25, -0.2) is 15.0 Å². The molecule has 0 aliphatic rings. The van der Waals surface area contributed by atoms with E-state index >= 15 is 0 Å². The molecule has 106 valence electrons. The molecule has 2 N–H and O–H groups in total. The normalized spacial score (nSPS) is 10.7. The Balaban J connectivity index is 1.98. The number of carbonyl (C=O) groups excluding carboxylic acids is 1. The van der Waals surface area contributed by atoms with E-state index in [9.17, 15) is 4.79 Å². The third-order valence-corrected chi connectivity index (χ3v) is 3.80. The number of nitrogens with zero attached hydrogens (tertiary/aromatic N) is 3. The van der Waals surface area contributed by atoms with Gasteiger partial charge >= 0.3 is 0 Å². The molecule has 0 fully saturated rings. The summed E-state index contributed by atoms with van der Waals surface area (Å²) >= 11 is 7.20. The maximum atomic E-state index is 11.0. The van der Waals surface area contributed by atoms with Crippen molar-refractivity contribution in [3.63, 3.8) is 0 Å². The molecule has 1 aromatic carbocycles. The predicted octanol–water partition coefficient (Wildman–Crippen LogP) is 2.56. The monoisotopic (exact) mass is 320 g/mol. The fourth-order valence-corrected chi connectivity index (χ4v) is 2.89. The fraction of sp³-hybridized carbons (Fsp3) is 0.0769. The minimum atomic E-state index is -0.417. The number of aromatic nitrogens is 3. The molecule has 0 saturated heterocycles. The van der Waals surface area contributed by atoms with Crippen molar-refractivity contribution in [2.45, 2.75) is 6.42 Å². The summed E-state index contributed by atoms with van der Waals surface area (Å²) in [6.07, 6.45) is 1.43. The zero-order valence-electron chi connectivity index (χ0n) is 10.6. The highest BCUT2D eigenvalue weighted by Gasteiger charge is 2.12. The van der Waals surface area contributed by atoms with Crippen LogP contribution in [0.2, 0.25) is 5.15 Å². The van der Waals surface area contributed by atoms with Crippen LogP contribution >= 0.6 is 22.9 Å². The lowest BCUT2D eigenvalue weighted by Crippen LogP contribution is -2.13. The van der Waals surface area contributed by atoms with Gasteiger partial charge in [-0.2, -0.15) is 0 Å². The number of nitrogens with two attached hydrogens (primary N) is 1. The van der Waals surface area contributed by atoms with E-state index in [1.165, 1.54) is 23.7 Å². The van der Waals surface area contributed by atoms with Gasteiger partial charge < -0.3 is 10.5 Å². The number of rotatable bonds is 4. The predicted molar refractivity (Wildman–Crippen MR) is 79.6 cm³/mol. The second-order valence-corrected chi connectivity index (χ2v) is 5.64. The lowest BCUT2D eigenvalue weighted by molar-refractivity contribution is -0.117. The summed E-state index contributed by atoms with van der Waals surface area (Å²) in [6.45, 7) is 0. The number of halogens is 1. The summed E-state index contributed by atoms with van der Waals surface area (Å²) in [5, 5.41) is 0.939. The molecule has 3 rings (SSSR count). The molecule has 0 aliphatic heterocycles. The molecule has 2 aromatic heterocycles. The Kier molecular flexibility index (Phi) is 3.68. The van der Waals surface area contributed by atoms with Gasteiger partial charge in [0.25, 0.3) is 0 Å². The van der Waals surface area contributed by atoms with E-state index in [0.717, 1.165) is 4.70 Å². The molecule has 0 atom stereocenters. The largest absolute Gasteiger partial charge is 0.437 e. The quantitative estimate of drug-likeness (QED) is 0.746. The number of amides is 1. The number of fused-ring (bicyclic) bond motifs is 1. The van der Waals surface area contributed by atoms with Gasteiger partial charge in [0, 0.05) is 6.07 Å². The van der Waals surface area contributed by atoms with E-state index in [1.807, 2.05) is 12.1 Å². The van der Waals surface area contributed by atoms with E-state index in [4.69, 9.17) is 22.1 Å². The molecule has 2 heterocycles. The first-order valence-electron chi connectivity index (χ1n) is 5.94. The molecular weight excluding hydrogens is 312 g/mol. The molecule has 6 nitrogen and oxygen atoms in total. The van der Waals surface area contributed by atoms with E-state index < -0.39 is 5.91 Å². The molecule has 21 heavy (non-hydrogen) atoms. The Hall–Kier alpha value is -2.25. The molecule has 0 spiro atoms. The number of ether oxygens (including phenoxy) is 1. The molecule has 3 aromatic rings. The number of hydrogen-bond donors (Lipinski definition) is 1. The van der Waals surface area contributed by atoms with Crippen LogP contribution in [-0.4, -0.2) is 20.9 Å². The Morgan fingerprint density at radius 1 is 1.38 bits per heavy atom. The lowest BCUT2D eigenvalue weighted by Gasteiger charge is -2.04. The van der Waals surface area contributed by atoms with Gasteiger partial charge in [-0.05, 0) is 12.1 Å². The minimum Gasteiger partial charge on any atom is -0.437 e. The van der Waals surface area contributed by atoms with Crippen LogP contribution in [0.3, 0.4) is 0 Å². The van der Waals surface area contributed by atoms with Crippen molar-refractivity contribution in [3.8, 4) is 11.6 Å². The van der Waals surface area contributed by atoms with Crippen LogP contribution in [0.15, 0.2) is 30.6 Å². The van der Waals surface area contributed by atoms with Crippen molar-refractivity contribution < 1.29 is 9.53 Å². The summed E-state index contributed by atoms with van der Waals surface area (Å²) in [5.41, 5.74) is 5.85. The van der Waals surface area contributed by atoms with Gasteiger partial charge in [0.05, 0.1) is 11.1 Å². The molecule has 0 unspecified atom stereocenters. The van der Waals surface area contributed by atoms with Crippen molar-refractivity contribution in [1.82, 2.24) is 15.0 Å². The highest BCUT2D eigenvalue weighted by atomic mass is 35.5. The molecular formula is C13H9ClN4O2S. The molecule has 0 saturated carbocycles.